The van der Waals surface area contributed by atoms with Gasteiger partial charge in [-0.2, -0.15) is 0 Å². The van der Waals surface area contributed by atoms with Crippen LogP contribution in [-0.2, 0) is 17.8 Å². The Morgan fingerprint density at radius 3 is 2.81 bits per heavy atom. The van der Waals surface area contributed by atoms with Crippen LogP contribution in [0.4, 0.5) is 0 Å². The maximum Gasteiger partial charge on any atom is 0.323 e. The van der Waals surface area contributed by atoms with Crippen molar-refractivity contribution in [2.24, 2.45) is 0 Å². The van der Waals surface area contributed by atoms with Gasteiger partial charge in [0.1, 0.15) is 12.4 Å². The zero-order chi connectivity index (χ0) is 18.7. The summed E-state index contributed by atoms with van der Waals surface area (Å²) in [6.07, 6.45) is 3.20. The maximum absolute atomic E-state index is 12.9. The van der Waals surface area contributed by atoms with E-state index in [0.29, 0.717) is 23.0 Å². The van der Waals surface area contributed by atoms with Gasteiger partial charge in [0.2, 0.25) is 0 Å². The summed E-state index contributed by atoms with van der Waals surface area (Å²) in [6.45, 7) is 3.59. The number of ketones is 1. The molecule has 26 heavy (non-hydrogen) atoms. The molecule has 0 bridgehead atoms. The number of aliphatic carboxylic acids is 1. The molecule has 0 aliphatic carbocycles. The van der Waals surface area contributed by atoms with Gasteiger partial charge in [0.25, 0.3) is 0 Å². The highest BCUT2D eigenvalue weighted by molar-refractivity contribution is 8.00. The number of rotatable bonds is 8. The maximum atomic E-state index is 12.9. The summed E-state index contributed by atoms with van der Waals surface area (Å²) in [5, 5.41) is 18.3. The molecule has 0 saturated heterocycles. The molecule has 0 fully saturated rings. The van der Waals surface area contributed by atoms with Gasteiger partial charge in [-0.05, 0) is 19.4 Å². The molecule has 0 spiro atoms. The lowest BCUT2D eigenvalue weighted by Crippen LogP contribution is -2.17. The quantitative estimate of drug-likeness (QED) is 0.465. The number of thioether (sulfide) groups is 1. The number of carboxylic acid groups (broad SMARTS) is 1. The Bertz CT molecular complexity index is 947. The number of hydrogen-bond acceptors (Lipinski definition) is 5. The summed E-state index contributed by atoms with van der Waals surface area (Å²) >= 11 is 1.24. The van der Waals surface area contributed by atoms with Crippen LogP contribution in [0.3, 0.4) is 0 Å². The third-order valence-corrected chi connectivity index (χ3v) is 5.15. The second-order valence-corrected chi connectivity index (χ2v) is 7.31. The smallest absolute Gasteiger partial charge is 0.323 e. The van der Waals surface area contributed by atoms with Crippen LogP contribution in [0, 0.1) is 0 Å². The van der Waals surface area contributed by atoms with Crippen LogP contribution >= 0.6 is 11.8 Å². The van der Waals surface area contributed by atoms with Crippen LogP contribution in [0.1, 0.15) is 36.5 Å². The summed E-state index contributed by atoms with van der Waals surface area (Å²) in [7, 11) is 0. The molecule has 2 aromatic heterocycles. The van der Waals surface area contributed by atoms with Crippen molar-refractivity contribution in [2.45, 2.75) is 43.6 Å². The summed E-state index contributed by atoms with van der Waals surface area (Å²) in [5.41, 5.74) is 1.53. The SMILES string of the molecule is CCCc1nnc(S[C@@H](C)C(=O)c2c[nH]c3ccccc23)n1CC(=O)O. The molecule has 3 aromatic rings. The zero-order valence-corrected chi connectivity index (χ0v) is 15.4. The Kier molecular flexibility index (Phi) is 5.41. The third kappa shape index (κ3) is 3.65. The van der Waals surface area contributed by atoms with Gasteiger partial charge in [-0.25, -0.2) is 0 Å². The van der Waals surface area contributed by atoms with Gasteiger partial charge >= 0.3 is 5.97 Å². The van der Waals surface area contributed by atoms with Gasteiger partial charge < -0.3 is 10.1 Å². The van der Waals surface area contributed by atoms with Crippen molar-refractivity contribution < 1.29 is 14.7 Å². The molecule has 8 heteroatoms. The minimum atomic E-state index is -0.959. The summed E-state index contributed by atoms with van der Waals surface area (Å²) in [4.78, 5) is 27.2. The number of carbonyl (C=O) groups is 2. The number of aryl methyl sites for hydroxylation is 1. The number of aromatic nitrogens is 4. The molecule has 0 aliphatic rings. The fourth-order valence-corrected chi connectivity index (χ4v) is 3.75. The number of Topliss-reactive ketones (excluding diaryl/α,β-unsaturated/α-hetero) is 1. The monoisotopic (exact) mass is 372 g/mol. The van der Waals surface area contributed by atoms with Crippen molar-refractivity contribution in [1.29, 1.82) is 0 Å². The fraction of sp³-hybridized carbons (Fsp3) is 0.333. The first-order valence-corrected chi connectivity index (χ1v) is 9.30. The fourth-order valence-electron chi connectivity index (χ4n) is 2.81. The number of H-pyrrole nitrogens is 1. The van der Waals surface area contributed by atoms with Crippen LogP contribution in [0.2, 0.25) is 0 Å². The Balaban J connectivity index is 1.84. The summed E-state index contributed by atoms with van der Waals surface area (Å²) in [6, 6.07) is 7.63. The van der Waals surface area contributed by atoms with E-state index in [0.717, 1.165) is 17.3 Å². The predicted molar refractivity (Wildman–Crippen MR) is 99.6 cm³/mol. The van der Waals surface area contributed by atoms with Crippen molar-refractivity contribution in [2.75, 3.05) is 0 Å². The van der Waals surface area contributed by atoms with E-state index in [1.807, 2.05) is 31.2 Å². The number of hydrogen-bond donors (Lipinski definition) is 2. The second kappa shape index (κ2) is 7.74. The van der Waals surface area contributed by atoms with Crippen molar-refractivity contribution in [3.8, 4) is 0 Å². The molecule has 7 nitrogen and oxygen atoms in total. The number of carboxylic acids is 1. The number of aromatic amines is 1. The largest absolute Gasteiger partial charge is 0.480 e. The Morgan fingerprint density at radius 2 is 2.08 bits per heavy atom. The van der Waals surface area contributed by atoms with E-state index in [-0.39, 0.29) is 12.3 Å². The lowest BCUT2D eigenvalue weighted by atomic mass is 10.1. The van der Waals surface area contributed by atoms with Crippen LogP contribution < -0.4 is 0 Å². The molecular weight excluding hydrogens is 352 g/mol. The van der Waals surface area contributed by atoms with Gasteiger partial charge in [0.05, 0.1) is 5.25 Å². The molecule has 0 radical (unpaired) electrons. The molecule has 1 atom stereocenters. The number of para-hydroxylation sites is 1. The van der Waals surface area contributed by atoms with E-state index in [2.05, 4.69) is 15.2 Å². The van der Waals surface area contributed by atoms with Gasteiger partial charge in [-0.15, -0.1) is 10.2 Å². The minimum absolute atomic E-state index is 0.0330. The van der Waals surface area contributed by atoms with Gasteiger partial charge in [-0.1, -0.05) is 36.9 Å². The number of benzene rings is 1. The summed E-state index contributed by atoms with van der Waals surface area (Å²) in [5.74, 6) is -0.363. The van der Waals surface area contributed by atoms with E-state index in [1.54, 1.807) is 17.7 Å². The molecule has 136 valence electrons. The Labute approximate surface area is 154 Å². The third-order valence-electron chi connectivity index (χ3n) is 4.07. The molecular formula is C18H20N4O3S. The number of carbonyl (C=O) groups excluding carboxylic acids is 1. The Hall–Kier alpha value is -2.61. The molecule has 2 N–H and O–H groups in total. The number of nitrogens with zero attached hydrogens (tertiary/aromatic N) is 3. The lowest BCUT2D eigenvalue weighted by Gasteiger charge is -2.11. The average molecular weight is 372 g/mol. The average Bonchev–Trinajstić information content (AvgIpc) is 3.20. The topological polar surface area (TPSA) is 101 Å². The molecule has 1 aromatic carbocycles. The standard InChI is InChI=1S/C18H20N4O3S/c1-3-6-15-20-21-18(22(15)10-16(23)24)26-11(2)17(25)13-9-19-14-8-5-4-7-12(13)14/h4-5,7-9,11,19H,3,6,10H2,1-2H3,(H,23,24)/t11-/m0/s1. The van der Waals surface area contributed by atoms with E-state index in [9.17, 15) is 9.59 Å². The highest BCUT2D eigenvalue weighted by Gasteiger charge is 2.23. The van der Waals surface area contributed by atoms with Crippen LogP contribution in [0.5, 0.6) is 0 Å². The first kappa shape index (κ1) is 18.2. The van der Waals surface area contributed by atoms with Crippen LogP contribution in [0.15, 0.2) is 35.6 Å². The molecule has 2 heterocycles. The normalized spacial score (nSPS) is 12.4. The van der Waals surface area contributed by atoms with E-state index in [1.165, 1.54) is 11.8 Å². The molecule has 0 saturated carbocycles. The predicted octanol–water partition coefficient (Wildman–Crippen LogP) is 3.16. The van der Waals surface area contributed by atoms with Crippen LogP contribution in [0.25, 0.3) is 10.9 Å². The first-order valence-electron chi connectivity index (χ1n) is 8.42. The minimum Gasteiger partial charge on any atom is -0.480 e. The molecule has 0 unspecified atom stereocenters. The highest BCUT2D eigenvalue weighted by atomic mass is 32.2. The van der Waals surface area contributed by atoms with E-state index < -0.39 is 11.2 Å². The summed E-state index contributed by atoms with van der Waals surface area (Å²) < 4.78 is 1.58. The molecule has 0 aliphatic heterocycles. The lowest BCUT2D eigenvalue weighted by molar-refractivity contribution is -0.137. The number of fused-ring (bicyclic) bond motifs is 1. The second-order valence-electron chi connectivity index (χ2n) is 6.00. The Morgan fingerprint density at radius 1 is 1.31 bits per heavy atom. The molecule has 0 amide bonds. The first-order chi connectivity index (χ1) is 12.5. The van der Waals surface area contributed by atoms with Crippen molar-refractivity contribution in [1.82, 2.24) is 19.7 Å². The van der Waals surface area contributed by atoms with E-state index >= 15 is 0 Å². The van der Waals surface area contributed by atoms with Crippen molar-refractivity contribution in [3.05, 3.63) is 41.9 Å². The zero-order valence-electron chi connectivity index (χ0n) is 14.6. The highest BCUT2D eigenvalue weighted by Crippen LogP contribution is 2.28. The van der Waals surface area contributed by atoms with Gasteiger partial charge in [-0.3, -0.25) is 14.2 Å². The van der Waals surface area contributed by atoms with Crippen molar-refractivity contribution in [3.63, 3.8) is 0 Å². The van der Waals surface area contributed by atoms with Crippen LogP contribution in [-0.4, -0.2) is 41.9 Å². The van der Waals surface area contributed by atoms with Gasteiger partial charge in [0, 0.05) is 29.1 Å². The molecule has 3 rings (SSSR count). The number of nitrogens with one attached hydrogen (secondary N) is 1. The van der Waals surface area contributed by atoms with Crippen molar-refractivity contribution >= 4 is 34.4 Å². The van der Waals surface area contributed by atoms with E-state index in [4.69, 9.17) is 5.11 Å². The van der Waals surface area contributed by atoms with Gasteiger partial charge in [0.15, 0.2) is 10.9 Å².